The number of rotatable bonds is 3. The molecular weight excluding hydrogens is 234 g/mol. The number of likely N-dealkylation sites (tertiary alicyclic amines) is 1. The van der Waals surface area contributed by atoms with E-state index in [1.54, 1.807) is 18.4 Å². The highest BCUT2D eigenvalue weighted by Gasteiger charge is 2.24. The second-order valence-electron chi connectivity index (χ2n) is 4.52. The third-order valence-corrected chi connectivity index (χ3v) is 4.08. The van der Waals surface area contributed by atoms with E-state index in [9.17, 15) is 4.79 Å². The van der Waals surface area contributed by atoms with Gasteiger partial charge in [0.05, 0.1) is 10.7 Å². The fourth-order valence-electron chi connectivity index (χ4n) is 2.27. The first kappa shape index (κ1) is 12.5. The number of aryl methyl sites for hydroxylation is 1. The minimum atomic E-state index is 0.189. The lowest BCUT2D eigenvalue weighted by Crippen LogP contribution is -2.39. The van der Waals surface area contributed by atoms with Gasteiger partial charge in [0.25, 0.3) is 0 Å². The van der Waals surface area contributed by atoms with Gasteiger partial charge in [-0.15, -0.1) is 11.3 Å². The molecule has 0 atom stereocenters. The van der Waals surface area contributed by atoms with E-state index in [0.29, 0.717) is 0 Å². The molecular formula is C12H19N3OS. The molecule has 17 heavy (non-hydrogen) atoms. The second-order valence-corrected chi connectivity index (χ2v) is 5.58. The summed E-state index contributed by atoms with van der Waals surface area (Å²) in [5.41, 5.74) is 1.16. The zero-order valence-corrected chi connectivity index (χ0v) is 11.2. The second kappa shape index (κ2) is 5.60. The lowest BCUT2D eigenvalue weighted by molar-refractivity contribution is -0.125. The monoisotopic (exact) mass is 253 g/mol. The van der Waals surface area contributed by atoms with Crippen LogP contribution in [0.1, 0.15) is 23.5 Å². The van der Waals surface area contributed by atoms with Crippen LogP contribution in [0.3, 0.4) is 0 Å². The number of nitrogens with zero attached hydrogens (tertiary/aromatic N) is 2. The van der Waals surface area contributed by atoms with E-state index < -0.39 is 0 Å². The van der Waals surface area contributed by atoms with Gasteiger partial charge in [0.1, 0.15) is 0 Å². The van der Waals surface area contributed by atoms with Gasteiger partial charge in [0.15, 0.2) is 0 Å². The zero-order valence-electron chi connectivity index (χ0n) is 10.4. The number of amides is 1. The van der Waals surface area contributed by atoms with Crippen molar-refractivity contribution < 1.29 is 4.79 Å². The average molecular weight is 253 g/mol. The minimum Gasteiger partial charge on any atom is -0.359 e. The summed E-state index contributed by atoms with van der Waals surface area (Å²) in [5.74, 6) is 0.391. The Labute approximate surface area is 106 Å². The first-order valence-corrected chi connectivity index (χ1v) is 6.92. The summed E-state index contributed by atoms with van der Waals surface area (Å²) in [4.78, 5) is 18.4. The van der Waals surface area contributed by atoms with Crippen molar-refractivity contribution in [3.05, 3.63) is 16.1 Å². The molecule has 1 aliphatic rings. The Kier molecular flexibility index (Phi) is 4.12. The smallest absolute Gasteiger partial charge is 0.222 e. The third kappa shape index (κ3) is 3.26. The van der Waals surface area contributed by atoms with Crippen LogP contribution in [0, 0.1) is 12.8 Å². The van der Waals surface area contributed by atoms with Gasteiger partial charge in [0, 0.05) is 24.9 Å². The van der Waals surface area contributed by atoms with Crippen LogP contribution in [0.25, 0.3) is 0 Å². The Morgan fingerprint density at radius 3 is 2.82 bits per heavy atom. The van der Waals surface area contributed by atoms with E-state index in [2.05, 4.69) is 20.6 Å². The third-order valence-electron chi connectivity index (χ3n) is 3.26. The fraction of sp³-hybridized carbons (Fsp3) is 0.667. The van der Waals surface area contributed by atoms with Crippen LogP contribution in [0.15, 0.2) is 5.38 Å². The number of nitrogens with one attached hydrogen (secondary N) is 1. The Balaban J connectivity index is 1.81. The van der Waals surface area contributed by atoms with Crippen molar-refractivity contribution in [3.63, 3.8) is 0 Å². The largest absolute Gasteiger partial charge is 0.359 e. The summed E-state index contributed by atoms with van der Waals surface area (Å²) >= 11 is 1.70. The molecule has 0 spiro atoms. The average Bonchev–Trinajstić information content (AvgIpc) is 2.75. The first-order valence-electron chi connectivity index (χ1n) is 6.04. The molecule has 5 heteroatoms. The van der Waals surface area contributed by atoms with Gasteiger partial charge in [-0.25, -0.2) is 4.98 Å². The van der Waals surface area contributed by atoms with E-state index in [4.69, 9.17) is 0 Å². The Hall–Kier alpha value is -0.940. The van der Waals surface area contributed by atoms with Crippen LogP contribution in [0.5, 0.6) is 0 Å². The van der Waals surface area contributed by atoms with Crippen LogP contribution in [-0.4, -0.2) is 35.9 Å². The Morgan fingerprint density at radius 1 is 1.59 bits per heavy atom. The SMILES string of the molecule is CNC(=O)C1CCN(Cc2csc(C)n2)CC1. The molecule has 94 valence electrons. The molecule has 1 aromatic heterocycles. The molecule has 1 saturated heterocycles. The van der Waals surface area contributed by atoms with E-state index in [1.807, 2.05) is 6.92 Å². The summed E-state index contributed by atoms with van der Waals surface area (Å²) in [6.45, 7) is 4.94. The molecule has 2 rings (SSSR count). The van der Waals surface area contributed by atoms with Gasteiger partial charge < -0.3 is 5.32 Å². The molecule has 1 amide bonds. The van der Waals surface area contributed by atoms with Crippen molar-refractivity contribution in [1.29, 1.82) is 0 Å². The van der Waals surface area contributed by atoms with E-state index >= 15 is 0 Å². The fourth-order valence-corrected chi connectivity index (χ4v) is 2.87. The maximum Gasteiger partial charge on any atom is 0.222 e. The van der Waals surface area contributed by atoms with Crippen LogP contribution >= 0.6 is 11.3 Å². The number of thiazole rings is 1. The summed E-state index contributed by atoms with van der Waals surface area (Å²) in [6.07, 6.45) is 1.92. The number of hydrogen-bond donors (Lipinski definition) is 1. The summed E-state index contributed by atoms with van der Waals surface area (Å²) < 4.78 is 0. The maximum atomic E-state index is 11.5. The molecule has 0 aliphatic carbocycles. The molecule has 1 aliphatic heterocycles. The maximum absolute atomic E-state index is 11.5. The van der Waals surface area contributed by atoms with Crippen LogP contribution in [-0.2, 0) is 11.3 Å². The number of carbonyl (C=O) groups is 1. The molecule has 0 radical (unpaired) electrons. The molecule has 1 N–H and O–H groups in total. The Bertz CT molecular complexity index is 383. The molecule has 0 aromatic carbocycles. The van der Waals surface area contributed by atoms with E-state index in [-0.39, 0.29) is 11.8 Å². The van der Waals surface area contributed by atoms with Crippen LogP contribution in [0.2, 0.25) is 0 Å². The number of piperidine rings is 1. The number of aromatic nitrogens is 1. The number of carbonyl (C=O) groups excluding carboxylic acids is 1. The van der Waals surface area contributed by atoms with Crippen molar-refractivity contribution in [2.45, 2.75) is 26.3 Å². The normalized spacial score (nSPS) is 18.2. The van der Waals surface area contributed by atoms with Crippen molar-refractivity contribution in [2.75, 3.05) is 20.1 Å². The van der Waals surface area contributed by atoms with Gasteiger partial charge in [-0.2, -0.15) is 0 Å². The van der Waals surface area contributed by atoms with E-state index in [1.165, 1.54) is 0 Å². The summed E-state index contributed by atoms with van der Waals surface area (Å²) in [7, 11) is 1.72. The quantitative estimate of drug-likeness (QED) is 0.886. The minimum absolute atomic E-state index is 0.189. The lowest BCUT2D eigenvalue weighted by atomic mass is 9.96. The molecule has 0 bridgehead atoms. The summed E-state index contributed by atoms with van der Waals surface area (Å²) in [5, 5.41) is 5.98. The highest BCUT2D eigenvalue weighted by atomic mass is 32.1. The van der Waals surface area contributed by atoms with Crippen molar-refractivity contribution in [3.8, 4) is 0 Å². The molecule has 0 saturated carbocycles. The molecule has 1 aromatic rings. The van der Waals surface area contributed by atoms with Crippen LogP contribution < -0.4 is 5.32 Å². The lowest BCUT2D eigenvalue weighted by Gasteiger charge is -2.30. The van der Waals surface area contributed by atoms with Gasteiger partial charge >= 0.3 is 0 Å². The Morgan fingerprint density at radius 2 is 2.29 bits per heavy atom. The topological polar surface area (TPSA) is 45.2 Å². The van der Waals surface area contributed by atoms with Gasteiger partial charge in [-0.3, -0.25) is 9.69 Å². The van der Waals surface area contributed by atoms with Gasteiger partial charge in [-0.05, 0) is 32.9 Å². The standard InChI is InChI=1S/C12H19N3OS/c1-9-14-11(8-17-9)7-15-5-3-10(4-6-15)12(16)13-2/h8,10H,3-7H2,1-2H3,(H,13,16). The van der Waals surface area contributed by atoms with Gasteiger partial charge in [0.2, 0.25) is 5.91 Å². The van der Waals surface area contributed by atoms with Crippen molar-refractivity contribution in [2.24, 2.45) is 5.92 Å². The molecule has 4 nitrogen and oxygen atoms in total. The highest BCUT2D eigenvalue weighted by molar-refractivity contribution is 7.09. The first-order chi connectivity index (χ1) is 8.19. The predicted octanol–water partition coefficient (Wildman–Crippen LogP) is 1.41. The van der Waals surface area contributed by atoms with Crippen LogP contribution in [0.4, 0.5) is 0 Å². The molecule has 2 heterocycles. The molecule has 1 fully saturated rings. The van der Waals surface area contributed by atoms with Crippen molar-refractivity contribution in [1.82, 2.24) is 15.2 Å². The van der Waals surface area contributed by atoms with Crippen molar-refractivity contribution >= 4 is 17.2 Å². The molecule has 0 unspecified atom stereocenters. The predicted molar refractivity (Wildman–Crippen MR) is 68.9 cm³/mol. The van der Waals surface area contributed by atoms with Gasteiger partial charge in [-0.1, -0.05) is 0 Å². The highest BCUT2D eigenvalue weighted by Crippen LogP contribution is 2.19. The van der Waals surface area contributed by atoms with E-state index in [0.717, 1.165) is 43.2 Å². The summed E-state index contributed by atoms with van der Waals surface area (Å²) in [6, 6.07) is 0. The number of hydrogen-bond acceptors (Lipinski definition) is 4. The zero-order chi connectivity index (χ0) is 12.3.